The fraction of sp³-hybridized carbons (Fsp3) is 0.588. The summed E-state index contributed by atoms with van der Waals surface area (Å²) in [6, 6.07) is 7.33. The Kier molecular flexibility index (Phi) is 5.19. The standard InChI is InChI=1S/C17H23FN2O/c1-3-20-17(12-19)9-4-5-14(17)8-10-21-16-11-13(2)6-7-15(16)18/h6-7,11,14,20H,3-5,8-10H2,1-2H3. The van der Waals surface area contributed by atoms with E-state index in [9.17, 15) is 9.65 Å². The van der Waals surface area contributed by atoms with Gasteiger partial charge in [0.15, 0.2) is 11.6 Å². The zero-order chi connectivity index (χ0) is 15.3. The highest BCUT2D eigenvalue weighted by atomic mass is 19.1. The van der Waals surface area contributed by atoms with Crippen molar-refractivity contribution < 1.29 is 9.13 Å². The fourth-order valence-corrected chi connectivity index (χ4v) is 3.24. The summed E-state index contributed by atoms with van der Waals surface area (Å²) >= 11 is 0. The molecule has 3 nitrogen and oxygen atoms in total. The van der Waals surface area contributed by atoms with Crippen LogP contribution in [0.4, 0.5) is 4.39 Å². The first-order valence-electron chi connectivity index (χ1n) is 7.66. The highest BCUT2D eigenvalue weighted by molar-refractivity contribution is 5.29. The molecule has 0 bridgehead atoms. The lowest BCUT2D eigenvalue weighted by Gasteiger charge is -2.29. The Morgan fingerprint density at radius 2 is 2.33 bits per heavy atom. The first-order valence-corrected chi connectivity index (χ1v) is 7.66. The molecule has 1 aromatic carbocycles. The summed E-state index contributed by atoms with van der Waals surface area (Å²) in [5.74, 6) is 0.250. The van der Waals surface area contributed by atoms with Crippen LogP contribution in [0.25, 0.3) is 0 Å². The van der Waals surface area contributed by atoms with Crippen LogP contribution in [0, 0.1) is 30.0 Å². The van der Waals surface area contributed by atoms with Crippen molar-refractivity contribution in [3.63, 3.8) is 0 Å². The Hall–Kier alpha value is -1.60. The molecule has 4 heteroatoms. The molecule has 1 aromatic rings. The van der Waals surface area contributed by atoms with Crippen LogP contribution in [-0.2, 0) is 0 Å². The van der Waals surface area contributed by atoms with Crippen LogP contribution >= 0.6 is 0 Å². The number of rotatable bonds is 6. The average Bonchev–Trinajstić information content (AvgIpc) is 2.86. The van der Waals surface area contributed by atoms with Crippen molar-refractivity contribution in [3.8, 4) is 11.8 Å². The van der Waals surface area contributed by atoms with E-state index in [2.05, 4.69) is 11.4 Å². The summed E-state index contributed by atoms with van der Waals surface area (Å²) in [7, 11) is 0. The number of hydrogen-bond acceptors (Lipinski definition) is 3. The van der Waals surface area contributed by atoms with Gasteiger partial charge in [-0.25, -0.2) is 4.39 Å². The highest BCUT2D eigenvalue weighted by Crippen LogP contribution is 2.37. The molecule has 1 aliphatic carbocycles. The third-order valence-electron chi connectivity index (χ3n) is 4.32. The lowest BCUT2D eigenvalue weighted by atomic mass is 9.86. The van der Waals surface area contributed by atoms with Crippen molar-refractivity contribution in [3.05, 3.63) is 29.6 Å². The van der Waals surface area contributed by atoms with Crippen molar-refractivity contribution in [1.29, 1.82) is 5.26 Å². The van der Waals surface area contributed by atoms with Crippen LogP contribution < -0.4 is 10.1 Å². The molecule has 1 aliphatic rings. The van der Waals surface area contributed by atoms with Gasteiger partial charge in [0.1, 0.15) is 5.54 Å². The molecule has 1 fully saturated rings. The van der Waals surface area contributed by atoms with Gasteiger partial charge in [0.25, 0.3) is 0 Å². The van der Waals surface area contributed by atoms with Crippen molar-refractivity contribution in [2.24, 2.45) is 5.92 Å². The number of halogens is 1. The van der Waals surface area contributed by atoms with E-state index in [0.717, 1.165) is 37.8 Å². The normalized spacial score (nSPS) is 24.8. The molecular weight excluding hydrogens is 267 g/mol. The Morgan fingerprint density at radius 3 is 3.05 bits per heavy atom. The highest BCUT2D eigenvalue weighted by Gasteiger charge is 2.42. The van der Waals surface area contributed by atoms with Gasteiger partial charge in [-0.15, -0.1) is 0 Å². The lowest BCUT2D eigenvalue weighted by Crippen LogP contribution is -2.47. The van der Waals surface area contributed by atoms with Gasteiger partial charge in [-0.3, -0.25) is 5.32 Å². The van der Waals surface area contributed by atoms with Crippen molar-refractivity contribution >= 4 is 0 Å². The maximum absolute atomic E-state index is 13.6. The number of nitriles is 1. The molecule has 1 saturated carbocycles. The second kappa shape index (κ2) is 6.91. The Balaban J connectivity index is 1.93. The van der Waals surface area contributed by atoms with E-state index in [1.54, 1.807) is 12.1 Å². The van der Waals surface area contributed by atoms with Gasteiger partial charge in [-0.2, -0.15) is 5.26 Å². The van der Waals surface area contributed by atoms with Gasteiger partial charge in [0.2, 0.25) is 0 Å². The van der Waals surface area contributed by atoms with Crippen molar-refractivity contribution in [2.75, 3.05) is 13.2 Å². The third-order valence-corrected chi connectivity index (χ3v) is 4.32. The maximum atomic E-state index is 13.6. The van der Waals surface area contributed by atoms with Crippen LogP contribution in [0.5, 0.6) is 5.75 Å². The minimum atomic E-state index is -0.427. The fourth-order valence-electron chi connectivity index (χ4n) is 3.24. The molecule has 0 radical (unpaired) electrons. The molecule has 0 aromatic heterocycles. The van der Waals surface area contributed by atoms with Gasteiger partial charge in [0.05, 0.1) is 12.7 Å². The summed E-state index contributed by atoms with van der Waals surface area (Å²) in [4.78, 5) is 0. The Bertz CT molecular complexity index is 526. The number of nitrogens with zero attached hydrogens (tertiary/aromatic N) is 1. The van der Waals surface area contributed by atoms with E-state index in [4.69, 9.17) is 4.74 Å². The molecule has 2 unspecified atom stereocenters. The summed E-state index contributed by atoms with van der Waals surface area (Å²) < 4.78 is 19.2. The first kappa shape index (κ1) is 15.8. The zero-order valence-electron chi connectivity index (χ0n) is 12.8. The van der Waals surface area contributed by atoms with Gasteiger partial charge >= 0.3 is 0 Å². The topological polar surface area (TPSA) is 45.0 Å². The monoisotopic (exact) mass is 290 g/mol. The lowest BCUT2D eigenvalue weighted by molar-refractivity contribution is 0.228. The van der Waals surface area contributed by atoms with E-state index in [-0.39, 0.29) is 11.7 Å². The molecule has 1 N–H and O–H groups in total. The number of benzene rings is 1. The molecular formula is C17H23FN2O. The largest absolute Gasteiger partial charge is 0.490 e. The van der Waals surface area contributed by atoms with E-state index in [0.29, 0.717) is 12.4 Å². The van der Waals surface area contributed by atoms with E-state index < -0.39 is 5.54 Å². The van der Waals surface area contributed by atoms with Crippen molar-refractivity contribution in [1.82, 2.24) is 5.32 Å². The molecule has 2 atom stereocenters. The molecule has 0 spiro atoms. The average molecular weight is 290 g/mol. The van der Waals surface area contributed by atoms with Crippen LogP contribution in [0.15, 0.2) is 18.2 Å². The quantitative estimate of drug-likeness (QED) is 0.871. The van der Waals surface area contributed by atoms with E-state index >= 15 is 0 Å². The molecule has 21 heavy (non-hydrogen) atoms. The SMILES string of the molecule is CCNC1(C#N)CCCC1CCOc1cc(C)ccc1F. The minimum absolute atomic E-state index is 0.273. The zero-order valence-corrected chi connectivity index (χ0v) is 12.8. The Labute approximate surface area is 126 Å². The minimum Gasteiger partial charge on any atom is -0.490 e. The van der Waals surface area contributed by atoms with E-state index in [1.807, 2.05) is 13.8 Å². The first-order chi connectivity index (χ1) is 10.1. The molecule has 0 saturated heterocycles. The van der Waals surface area contributed by atoms with Crippen LogP contribution in [0.2, 0.25) is 0 Å². The van der Waals surface area contributed by atoms with E-state index in [1.165, 1.54) is 6.07 Å². The smallest absolute Gasteiger partial charge is 0.165 e. The van der Waals surface area contributed by atoms with Gasteiger partial charge in [-0.05, 0) is 56.3 Å². The Morgan fingerprint density at radius 1 is 1.52 bits per heavy atom. The summed E-state index contributed by atoms with van der Waals surface area (Å²) in [6.07, 6.45) is 3.75. The number of nitrogens with one attached hydrogen (secondary N) is 1. The molecule has 2 rings (SSSR count). The second-order valence-electron chi connectivity index (χ2n) is 5.77. The maximum Gasteiger partial charge on any atom is 0.165 e. The van der Waals surface area contributed by atoms with Gasteiger partial charge in [0, 0.05) is 0 Å². The van der Waals surface area contributed by atoms with Gasteiger partial charge in [-0.1, -0.05) is 19.4 Å². The molecule has 114 valence electrons. The van der Waals surface area contributed by atoms with Crippen LogP contribution in [0.1, 0.15) is 38.2 Å². The summed E-state index contributed by atoms with van der Waals surface area (Å²) in [5.41, 5.74) is 0.551. The molecule has 0 heterocycles. The summed E-state index contributed by atoms with van der Waals surface area (Å²) in [6.45, 7) is 5.17. The number of ether oxygens (including phenoxy) is 1. The van der Waals surface area contributed by atoms with Crippen molar-refractivity contribution in [2.45, 2.75) is 45.1 Å². The predicted octanol–water partition coefficient (Wildman–Crippen LogP) is 3.58. The van der Waals surface area contributed by atoms with Gasteiger partial charge < -0.3 is 4.74 Å². The van der Waals surface area contributed by atoms with Crippen LogP contribution in [0.3, 0.4) is 0 Å². The number of hydrogen-bond donors (Lipinski definition) is 1. The summed E-state index contributed by atoms with van der Waals surface area (Å²) in [5, 5.41) is 12.8. The predicted molar refractivity (Wildman–Crippen MR) is 80.6 cm³/mol. The number of aryl methyl sites for hydroxylation is 1. The third kappa shape index (κ3) is 3.54. The second-order valence-corrected chi connectivity index (χ2v) is 5.77. The van der Waals surface area contributed by atoms with Crippen LogP contribution in [-0.4, -0.2) is 18.7 Å². The molecule has 0 amide bonds. The molecule has 0 aliphatic heterocycles.